The quantitative estimate of drug-likeness (QED) is 0.578. The van der Waals surface area contributed by atoms with Gasteiger partial charge in [-0.25, -0.2) is 4.98 Å². The highest BCUT2D eigenvalue weighted by atomic mass is 16.5. The van der Waals surface area contributed by atoms with Crippen LogP contribution in [0.2, 0.25) is 0 Å². The first-order valence-electron chi connectivity index (χ1n) is 6.70. The van der Waals surface area contributed by atoms with Crippen LogP contribution in [0.4, 0.5) is 5.82 Å². The Morgan fingerprint density at radius 1 is 1.58 bits per heavy atom. The lowest BCUT2D eigenvalue weighted by Crippen LogP contribution is -2.38. The standard InChI is InChI=1S/C14H22N4O/c1-10(11-6-7-11)18(8-9-19-2)13-5-3-4-12(17-13)14(15)16/h3-5,10-11H,6-9H2,1-2H3,(H3,15,16). The van der Waals surface area contributed by atoms with Crippen molar-refractivity contribution >= 4 is 11.7 Å². The maximum atomic E-state index is 7.49. The summed E-state index contributed by atoms with van der Waals surface area (Å²) in [6, 6.07) is 6.09. The van der Waals surface area contributed by atoms with Gasteiger partial charge in [-0.3, -0.25) is 5.41 Å². The summed E-state index contributed by atoms with van der Waals surface area (Å²) in [6.07, 6.45) is 2.58. The number of pyridine rings is 1. The molecule has 1 fully saturated rings. The summed E-state index contributed by atoms with van der Waals surface area (Å²) in [6.45, 7) is 3.71. The van der Waals surface area contributed by atoms with Gasteiger partial charge in [-0.15, -0.1) is 0 Å². The lowest BCUT2D eigenvalue weighted by Gasteiger charge is -2.30. The van der Waals surface area contributed by atoms with Crippen LogP contribution in [0.1, 0.15) is 25.5 Å². The molecule has 5 nitrogen and oxygen atoms in total. The lowest BCUT2D eigenvalue weighted by atomic mass is 10.1. The molecule has 0 spiro atoms. The molecule has 1 aliphatic rings. The van der Waals surface area contributed by atoms with Crippen LogP contribution in [-0.2, 0) is 4.74 Å². The molecule has 0 aliphatic heterocycles. The zero-order chi connectivity index (χ0) is 13.8. The fraction of sp³-hybridized carbons (Fsp3) is 0.571. The van der Waals surface area contributed by atoms with Crippen LogP contribution in [0, 0.1) is 11.3 Å². The number of amidine groups is 1. The van der Waals surface area contributed by atoms with Crippen molar-refractivity contribution in [1.29, 1.82) is 5.41 Å². The Hall–Kier alpha value is -1.62. The van der Waals surface area contributed by atoms with E-state index in [1.807, 2.05) is 12.1 Å². The Bertz CT molecular complexity index is 445. The van der Waals surface area contributed by atoms with E-state index in [-0.39, 0.29) is 5.84 Å². The van der Waals surface area contributed by atoms with Crippen LogP contribution in [0.5, 0.6) is 0 Å². The van der Waals surface area contributed by atoms with Gasteiger partial charge in [0.05, 0.1) is 6.61 Å². The van der Waals surface area contributed by atoms with Crippen LogP contribution in [0.25, 0.3) is 0 Å². The number of ether oxygens (including phenoxy) is 1. The summed E-state index contributed by atoms with van der Waals surface area (Å²) in [5.41, 5.74) is 6.04. The van der Waals surface area contributed by atoms with Crippen molar-refractivity contribution < 1.29 is 4.74 Å². The van der Waals surface area contributed by atoms with Crippen LogP contribution >= 0.6 is 0 Å². The van der Waals surface area contributed by atoms with E-state index in [1.165, 1.54) is 12.8 Å². The highest BCUT2D eigenvalue weighted by Crippen LogP contribution is 2.36. The number of hydrogen-bond acceptors (Lipinski definition) is 4. The Balaban J connectivity index is 2.20. The maximum Gasteiger partial charge on any atom is 0.141 e. The third-order valence-electron chi connectivity index (χ3n) is 3.64. The van der Waals surface area contributed by atoms with Gasteiger partial charge >= 0.3 is 0 Å². The minimum atomic E-state index is 0.00705. The number of nitrogens with zero attached hydrogens (tertiary/aromatic N) is 2. The number of anilines is 1. The van der Waals surface area contributed by atoms with Crippen molar-refractivity contribution in [1.82, 2.24) is 4.98 Å². The van der Waals surface area contributed by atoms with E-state index in [4.69, 9.17) is 15.9 Å². The molecule has 0 saturated heterocycles. The van der Waals surface area contributed by atoms with Gasteiger partial charge in [0.2, 0.25) is 0 Å². The molecule has 104 valence electrons. The van der Waals surface area contributed by atoms with Crippen LogP contribution < -0.4 is 10.6 Å². The first kappa shape index (κ1) is 13.8. The van der Waals surface area contributed by atoms with Crippen molar-refractivity contribution in [3.05, 3.63) is 23.9 Å². The molecule has 1 aromatic heterocycles. The van der Waals surface area contributed by atoms with Gasteiger partial charge in [0, 0.05) is 19.7 Å². The number of nitrogens with one attached hydrogen (secondary N) is 1. The number of hydrogen-bond donors (Lipinski definition) is 2. The molecule has 0 radical (unpaired) electrons. The molecule has 1 heterocycles. The zero-order valence-electron chi connectivity index (χ0n) is 11.6. The number of nitrogen functional groups attached to an aromatic ring is 1. The number of rotatable bonds is 7. The van der Waals surface area contributed by atoms with Crippen molar-refractivity contribution in [3.8, 4) is 0 Å². The van der Waals surface area contributed by atoms with Gasteiger partial charge in [-0.05, 0) is 37.8 Å². The second-order valence-electron chi connectivity index (χ2n) is 5.06. The molecule has 1 aromatic rings. The van der Waals surface area contributed by atoms with Gasteiger partial charge < -0.3 is 15.4 Å². The SMILES string of the molecule is COCCN(c1cccc(C(=N)N)n1)C(C)C1CC1. The second-order valence-corrected chi connectivity index (χ2v) is 5.06. The molecule has 1 aliphatic carbocycles. The van der Waals surface area contributed by atoms with Crippen LogP contribution in [-0.4, -0.2) is 37.1 Å². The molecule has 0 aromatic carbocycles. The lowest BCUT2D eigenvalue weighted by molar-refractivity contribution is 0.202. The highest BCUT2D eigenvalue weighted by molar-refractivity contribution is 5.93. The van der Waals surface area contributed by atoms with E-state index >= 15 is 0 Å². The molecule has 1 saturated carbocycles. The molecule has 19 heavy (non-hydrogen) atoms. The van der Waals surface area contributed by atoms with E-state index in [2.05, 4.69) is 16.8 Å². The minimum absolute atomic E-state index is 0.00705. The molecule has 3 N–H and O–H groups in total. The molecule has 2 rings (SSSR count). The third kappa shape index (κ3) is 3.44. The molecule has 1 unspecified atom stereocenters. The van der Waals surface area contributed by atoms with Crippen molar-refractivity contribution in [2.75, 3.05) is 25.2 Å². The van der Waals surface area contributed by atoms with Crippen molar-refractivity contribution in [3.63, 3.8) is 0 Å². The molecule has 0 bridgehead atoms. The Labute approximate surface area is 114 Å². The van der Waals surface area contributed by atoms with Gasteiger partial charge in [0.1, 0.15) is 17.3 Å². The molecule has 0 amide bonds. The smallest absolute Gasteiger partial charge is 0.141 e. The monoisotopic (exact) mass is 262 g/mol. The predicted octanol–water partition coefficient (Wildman–Crippen LogP) is 1.62. The first-order valence-corrected chi connectivity index (χ1v) is 6.70. The minimum Gasteiger partial charge on any atom is -0.383 e. The van der Waals surface area contributed by atoms with Gasteiger partial charge in [-0.2, -0.15) is 0 Å². The highest BCUT2D eigenvalue weighted by Gasteiger charge is 2.32. The summed E-state index contributed by atoms with van der Waals surface area (Å²) in [7, 11) is 1.71. The molecular weight excluding hydrogens is 240 g/mol. The van der Waals surface area contributed by atoms with Gasteiger partial charge in [0.25, 0.3) is 0 Å². The molecular formula is C14H22N4O. The normalized spacial score (nSPS) is 16.1. The van der Waals surface area contributed by atoms with Gasteiger partial charge in [-0.1, -0.05) is 6.07 Å². The number of nitrogens with two attached hydrogens (primary N) is 1. The summed E-state index contributed by atoms with van der Waals surface area (Å²) in [5.74, 6) is 1.64. The fourth-order valence-corrected chi connectivity index (χ4v) is 2.28. The Morgan fingerprint density at radius 2 is 2.32 bits per heavy atom. The largest absolute Gasteiger partial charge is 0.383 e. The zero-order valence-corrected chi connectivity index (χ0v) is 11.6. The maximum absolute atomic E-state index is 7.49. The molecule has 5 heteroatoms. The summed E-state index contributed by atoms with van der Waals surface area (Å²) in [5, 5.41) is 7.49. The summed E-state index contributed by atoms with van der Waals surface area (Å²) >= 11 is 0. The van der Waals surface area contributed by atoms with E-state index < -0.39 is 0 Å². The van der Waals surface area contributed by atoms with Crippen LogP contribution in [0.15, 0.2) is 18.2 Å². The Morgan fingerprint density at radius 3 is 2.89 bits per heavy atom. The average molecular weight is 262 g/mol. The third-order valence-corrected chi connectivity index (χ3v) is 3.64. The van der Waals surface area contributed by atoms with E-state index in [1.54, 1.807) is 13.2 Å². The van der Waals surface area contributed by atoms with Crippen molar-refractivity contribution in [2.24, 2.45) is 11.7 Å². The molecule has 1 atom stereocenters. The Kier molecular flexibility index (Phi) is 4.37. The predicted molar refractivity (Wildman–Crippen MR) is 76.7 cm³/mol. The first-order chi connectivity index (χ1) is 9.13. The summed E-state index contributed by atoms with van der Waals surface area (Å²) < 4.78 is 5.19. The topological polar surface area (TPSA) is 75.2 Å². The average Bonchev–Trinajstić information content (AvgIpc) is 3.23. The van der Waals surface area contributed by atoms with E-state index in [9.17, 15) is 0 Å². The van der Waals surface area contributed by atoms with Crippen molar-refractivity contribution in [2.45, 2.75) is 25.8 Å². The fourth-order valence-electron chi connectivity index (χ4n) is 2.28. The van der Waals surface area contributed by atoms with E-state index in [0.717, 1.165) is 18.3 Å². The van der Waals surface area contributed by atoms with Gasteiger partial charge in [0.15, 0.2) is 0 Å². The van der Waals surface area contributed by atoms with Crippen LogP contribution in [0.3, 0.4) is 0 Å². The van der Waals surface area contributed by atoms with E-state index in [0.29, 0.717) is 18.3 Å². The second kappa shape index (κ2) is 6.02. The summed E-state index contributed by atoms with van der Waals surface area (Å²) in [4.78, 5) is 6.74. The number of aromatic nitrogens is 1. The number of methoxy groups -OCH3 is 1.